The summed E-state index contributed by atoms with van der Waals surface area (Å²) >= 11 is 0. The van der Waals surface area contributed by atoms with Gasteiger partial charge in [0, 0.05) is 26.2 Å². The van der Waals surface area contributed by atoms with Gasteiger partial charge in [0.25, 0.3) is 0 Å². The number of nitrogens with one attached hydrogen (secondary N) is 1. The van der Waals surface area contributed by atoms with E-state index in [9.17, 15) is 18.0 Å². The minimum Gasteiger partial charge on any atom is -0.447 e. The van der Waals surface area contributed by atoms with E-state index in [1.54, 1.807) is 48.5 Å². The lowest BCUT2D eigenvalue weighted by atomic mass is 10.2. The summed E-state index contributed by atoms with van der Waals surface area (Å²) in [6.45, 7) is 4.35. The number of cyclic esters (lactones) is 1. The molecule has 2 aromatic carbocycles. The Morgan fingerprint density at radius 2 is 1.69 bits per heavy atom. The Kier molecular flexibility index (Phi) is 6.45. The molecule has 32 heavy (non-hydrogen) atoms. The molecule has 9 nitrogen and oxygen atoms in total. The van der Waals surface area contributed by atoms with Crippen LogP contribution < -0.4 is 10.2 Å². The van der Waals surface area contributed by atoms with Crippen LogP contribution in [0.1, 0.15) is 5.56 Å². The molecule has 0 unspecified atom stereocenters. The molecule has 0 aliphatic carbocycles. The van der Waals surface area contributed by atoms with Crippen molar-refractivity contribution in [3.05, 3.63) is 54.1 Å². The zero-order valence-corrected chi connectivity index (χ0v) is 18.7. The van der Waals surface area contributed by atoms with Crippen LogP contribution in [-0.2, 0) is 19.6 Å². The van der Waals surface area contributed by atoms with Crippen LogP contribution in [0.3, 0.4) is 0 Å². The Balaban J connectivity index is 1.34. The van der Waals surface area contributed by atoms with Crippen LogP contribution in [0.5, 0.6) is 0 Å². The first-order valence-electron chi connectivity index (χ1n) is 10.5. The van der Waals surface area contributed by atoms with Gasteiger partial charge in [-0.05, 0) is 31.2 Å². The summed E-state index contributed by atoms with van der Waals surface area (Å²) in [5.74, 6) is -0.222. The summed E-state index contributed by atoms with van der Waals surface area (Å²) in [6.07, 6.45) is -0.433. The van der Waals surface area contributed by atoms with E-state index in [1.807, 2.05) is 11.8 Å². The number of rotatable bonds is 6. The normalized spacial score (nSPS) is 17.9. The van der Waals surface area contributed by atoms with Gasteiger partial charge in [-0.3, -0.25) is 14.6 Å². The molecule has 2 aliphatic rings. The van der Waals surface area contributed by atoms with Crippen molar-refractivity contribution in [2.24, 2.45) is 0 Å². The van der Waals surface area contributed by atoms with Gasteiger partial charge in [0.2, 0.25) is 15.9 Å². The van der Waals surface area contributed by atoms with Crippen LogP contribution in [0.15, 0.2) is 53.4 Å². The molecular formula is C22H26N4O5S. The zero-order valence-electron chi connectivity index (χ0n) is 17.9. The zero-order chi connectivity index (χ0) is 22.7. The van der Waals surface area contributed by atoms with Crippen LogP contribution in [-0.4, -0.2) is 75.5 Å². The topological polar surface area (TPSA) is 99.3 Å². The van der Waals surface area contributed by atoms with Gasteiger partial charge in [0.15, 0.2) is 0 Å². The lowest BCUT2D eigenvalue weighted by molar-refractivity contribution is -0.117. The maximum absolute atomic E-state index is 12.8. The summed E-state index contributed by atoms with van der Waals surface area (Å²) in [4.78, 5) is 28.2. The van der Waals surface area contributed by atoms with E-state index in [2.05, 4.69) is 5.32 Å². The number of ether oxygens (including phenoxy) is 1. The summed E-state index contributed by atoms with van der Waals surface area (Å²) in [7, 11) is -3.54. The van der Waals surface area contributed by atoms with Gasteiger partial charge in [-0.2, -0.15) is 4.31 Å². The highest BCUT2D eigenvalue weighted by molar-refractivity contribution is 7.89. The highest BCUT2D eigenvalue weighted by atomic mass is 32.2. The highest BCUT2D eigenvalue weighted by Gasteiger charge is 2.30. The van der Waals surface area contributed by atoms with E-state index in [0.717, 1.165) is 5.56 Å². The average molecular weight is 459 g/mol. The molecule has 0 aromatic heterocycles. The largest absolute Gasteiger partial charge is 0.447 e. The van der Waals surface area contributed by atoms with E-state index in [-0.39, 0.29) is 17.3 Å². The fourth-order valence-electron chi connectivity index (χ4n) is 3.81. The second kappa shape index (κ2) is 9.27. The molecule has 4 rings (SSSR count). The van der Waals surface area contributed by atoms with Crippen molar-refractivity contribution in [3.8, 4) is 0 Å². The van der Waals surface area contributed by atoms with Crippen LogP contribution in [0.4, 0.5) is 16.2 Å². The number of amides is 2. The smallest absolute Gasteiger partial charge is 0.414 e. The molecule has 1 N–H and O–H groups in total. The monoisotopic (exact) mass is 458 g/mol. The van der Waals surface area contributed by atoms with E-state index in [4.69, 9.17) is 4.74 Å². The van der Waals surface area contributed by atoms with Crippen molar-refractivity contribution < 1.29 is 22.7 Å². The number of aryl methyl sites for hydroxylation is 1. The predicted octanol–water partition coefficient (Wildman–Crippen LogP) is 1.90. The van der Waals surface area contributed by atoms with Crippen molar-refractivity contribution in [2.45, 2.75) is 11.8 Å². The van der Waals surface area contributed by atoms with Crippen LogP contribution in [0.2, 0.25) is 0 Å². The van der Waals surface area contributed by atoms with Crippen molar-refractivity contribution in [1.29, 1.82) is 0 Å². The Morgan fingerprint density at radius 1 is 1.00 bits per heavy atom. The Labute approximate surface area is 187 Å². The molecule has 0 radical (unpaired) electrons. The van der Waals surface area contributed by atoms with Gasteiger partial charge in [-0.1, -0.05) is 29.8 Å². The van der Waals surface area contributed by atoms with Gasteiger partial charge >= 0.3 is 6.09 Å². The first kappa shape index (κ1) is 22.3. The van der Waals surface area contributed by atoms with Crippen LogP contribution in [0, 0.1) is 6.92 Å². The summed E-state index contributed by atoms with van der Waals surface area (Å²) in [5, 5.41) is 2.87. The maximum atomic E-state index is 12.8. The van der Waals surface area contributed by atoms with Crippen LogP contribution >= 0.6 is 0 Å². The molecule has 2 amide bonds. The summed E-state index contributed by atoms with van der Waals surface area (Å²) in [6, 6.07) is 13.9. The molecule has 0 atom stereocenters. The number of sulfonamides is 1. The molecular weight excluding hydrogens is 432 g/mol. The lowest BCUT2D eigenvalue weighted by Gasteiger charge is -2.33. The first-order chi connectivity index (χ1) is 15.3. The standard InChI is InChI=1S/C22H26N4O5S/c1-17-6-8-18(9-7-17)32(29,30)25-12-10-24(11-13-25)16-21(27)23-19-4-2-3-5-20(19)26-14-15-31-22(26)28/h2-9H,10-16H2,1H3,(H,23,27). The van der Waals surface area contributed by atoms with Gasteiger partial charge in [-0.15, -0.1) is 0 Å². The maximum Gasteiger partial charge on any atom is 0.414 e. The van der Waals surface area contributed by atoms with E-state index >= 15 is 0 Å². The fourth-order valence-corrected chi connectivity index (χ4v) is 5.23. The van der Waals surface area contributed by atoms with E-state index < -0.39 is 16.1 Å². The lowest BCUT2D eigenvalue weighted by Crippen LogP contribution is -2.50. The molecule has 2 aliphatic heterocycles. The van der Waals surface area contributed by atoms with E-state index in [1.165, 1.54) is 9.21 Å². The Hall–Kier alpha value is -2.95. The molecule has 2 fully saturated rings. The molecule has 0 bridgehead atoms. The Morgan fingerprint density at radius 3 is 2.34 bits per heavy atom. The predicted molar refractivity (Wildman–Crippen MR) is 120 cm³/mol. The van der Waals surface area contributed by atoms with E-state index in [0.29, 0.717) is 50.7 Å². The number of benzene rings is 2. The number of carbonyl (C=O) groups is 2. The molecule has 2 saturated heterocycles. The number of hydrogen-bond acceptors (Lipinski definition) is 6. The molecule has 0 saturated carbocycles. The third-order valence-electron chi connectivity index (χ3n) is 5.59. The van der Waals surface area contributed by atoms with Crippen molar-refractivity contribution in [1.82, 2.24) is 9.21 Å². The molecule has 2 heterocycles. The molecule has 170 valence electrons. The van der Waals surface area contributed by atoms with Gasteiger partial charge < -0.3 is 10.1 Å². The highest BCUT2D eigenvalue weighted by Crippen LogP contribution is 2.28. The SMILES string of the molecule is Cc1ccc(S(=O)(=O)N2CCN(CC(=O)Nc3ccccc3N3CCOC3=O)CC2)cc1. The average Bonchev–Trinajstić information content (AvgIpc) is 3.20. The number of nitrogens with zero attached hydrogens (tertiary/aromatic N) is 3. The molecule has 10 heteroatoms. The van der Waals surface area contributed by atoms with Crippen molar-refractivity contribution in [3.63, 3.8) is 0 Å². The van der Waals surface area contributed by atoms with Gasteiger partial charge in [0.05, 0.1) is 29.4 Å². The van der Waals surface area contributed by atoms with Gasteiger partial charge in [-0.25, -0.2) is 13.2 Å². The number of carbonyl (C=O) groups excluding carboxylic acids is 2. The third kappa shape index (κ3) is 4.77. The third-order valence-corrected chi connectivity index (χ3v) is 7.50. The first-order valence-corrected chi connectivity index (χ1v) is 11.9. The van der Waals surface area contributed by atoms with Crippen molar-refractivity contribution >= 4 is 33.4 Å². The summed E-state index contributed by atoms with van der Waals surface area (Å²) < 4.78 is 32.1. The summed E-state index contributed by atoms with van der Waals surface area (Å²) in [5.41, 5.74) is 2.14. The minimum atomic E-state index is -3.54. The molecule has 0 spiro atoms. The Bertz CT molecular complexity index is 1100. The van der Waals surface area contributed by atoms with Crippen LogP contribution in [0.25, 0.3) is 0 Å². The number of para-hydroxylation sites is 2. The minimum absolute atomic E-state index is 0.136. The number of piperazine rings is 1. The molecule has 2 aromatic rings. The quantitative estimate of drug-likeness (QED) is 0.710. The number of hydrogen-bond donors (Lipinski definition) is 1. The fraction of sp³-hybridized carbons (Fsp3) is 0.364. The second-order valence-electron chi connectivity index (χ2n) is 7.82. The van der Waals surface area contributed by atoms with Crippen molar-refractivity contribution in [2.75, 3.05) is 56.1 Å². The second-order valence-corrected chi connectivity index (χ2v) is 9.76. The van der Waals surface area contributed by atoms with Gasteiger partial charge in [0.1, 0.15) is 6.61 Å². The number of anilines is 2.